The Kier molecular flexibility index (Phi) is 5.37. The molecule has 128 valence electrons. The Morgan fingerprint density at radius 2 is 1.92 bits per heavy atom. The Morgan fingerprint density at radius 3 is 2.56 bits per heavy atom. The molecule has 1 heterocycles. The second-order valence-electron chi connectivity index (χ2n) is 5.77. The van der Waals surface area contributed by atoms with Crippen molar-refractivity contribution in [3.8, 4) is 5.75 Å². The largest absolute Gasteiger partial charge is 0.478 e. The molecule has 0 bridgehead atoms. The predicted molar refractivity (Wildman–Crippen MR) is 105 cm³/mol. The summed E-state index contributed by atoms with van der Waals surface area (Å²) < 4.78 is 7.23. The van der Waals surface area contributed by atoms with Gasteiger partial charge in [0.2, 0.25) is 0 Å². The minimum atomic E-state index is -0.816. The van der Waals surface area contributed by atoms with Crippen LogP contribution in [0.1, 0.15) is 23.1 Å². The molecule has 1 unspecified atom stereocenters. The summed E-state index contributed by atoms with van der Waals surface area (Å²) in [6, 6.07) is 16.9. The summed E-state index contributed by atoms with van der Waals surface area (Å²) in [5.41, 5.74) is -0.203. The quantitative estimate of drug-likeness (QED) is 0.566. The van der Waals surface area contributed by atoms with Crippen molar-refractivity contribution in [1.82, 2.24) is 15.3 Å². The topological polar surface area (TPSA) is 67.0 Å². The Balaban J connectivity index is 1.76. The third kappa shape index (κ3) is 4.39. The number of carbonyl (C=O) groups is 1. The van der Waals surface area contributed by atoms with Crippen LogP contribution < -0.4 is 10.1 Å². The Labute approximate surface area is 160 Å². The lowest BCUT2D eigenvalue weighted by Crippen LogP contribution is -2.43. The average molecular weight is 447 g/mol. The van der Waals surface area contributed by atoms with E-state index in [9.17, 15) is 4.79 Å². The van der Waals surface area contributed by atoms with E-state index in [4.69, 9.17) is 4.74 Å². The zero-order chi connectivity index (χ0) is 17.7. The number of benzene rings is 2. The number of H-pyrrole nitrogens is 1. The highest BCUT2D eigenvalue weighted by Crippen LogP contribution is 2.25. The minimum absolute atomic E-state index is 0.147. The molecule has 1 atom stereocenters. The van der Waals surface area contributed by atoms with E-state index in [0.717, 1.165) is 3.57 Å². The molecule has 0 saturated heterocycles. The van der Waals surface area contributed by atoms with Crippen LogP contribution in [0.25, 0.3) is 0 Å². The molecular formula is C19H18IN3O2. The van der Waals surface area contributed by atoms with E-state index >= 15 is 0 Å². The van der Waals surface area contributed by atoms with Crippen LogP contribution in [-0.2, 0) is 5.60 Å². The molecule has 3 rings (SSSR count). The van der Waals surface area contributed by atoms with Gasteiger partial charge in [0.1, 0.15) is 5.75 Å². The SMILES string of the molecule is CC(CNC(=O)c1ccc(I)cc1)(Oc1ccccc1)c1ncc[nH]1. The fraction of sp³-hybridized carbons (Fsp3) is 0.158. The first-order valence-electron chi connectivity index (χ1n) is 7.84. The first kappa shape index (κ1) is 17.5. The Bertz CT molecular complexity index is 820. The summed E-state index contributed by atoms with van der Waals surface area (Å²) in [4.78, 5) is 19.8. The average Bonchev–Trinajstić information content (AvgIpc) is 3.17. The van der Waals surface area contributed by atoms with Gasteiger partial charge in [-0.15, -0.1) is 0 Å². The number of nitrogens with one attached hydrogen (secondary N) is 2. The molecule has 1 amide bonds. The zero-order valence-electron chi connectivity index (χ0n) is 13.7. The van der Waals surface area contributed by atoms with Gasteiger partial charge in [0.25, 0.3) is 5.91 Å². The van der Waals surface area contributed by atoms with Gasteiger partial charge in [0, 0.05) is 21.5 Å². The van der Waals surface area contributed by atoms with Crippen molar-refractivity contribution < 1.29 is 9.53 Å². The second-order valence-corrected chi connectivity index (χ2v) is 7.02. The molecule has 0 aliphatic rings. The van der Waals surface area contributed by atoms with Gasteiger partial charge < -0.3 is 15.0 Å². The zero-order valence-corrected chi connectivity index (χ0v) is 15.9. The number of amides is 1. The first-order chi connectivity index (χ1) is 12.1. The van der Waals surface area contributed by atoms with Crippen LogP contribution in [0, 0.1) is 3.57 Å². The molecule has 0 saturated carbocycles. The number of aromatic amines is 1. The number of hydrogen-bond acceptors (Lipinski definition) is 3. The molecule has 2 aromatic carbocycles. The molecule has 6 heteroatoms. The monoisotopic (exact) mass is 447 g/mol. The number of hydrogen-bond donors (Lipinski definition) is 2. The third-order valence-electron chi connectivity index (χ3n) is 3.78. The fourth-order valence-corrected chi connectivity index (χ4v) is 2.78. The Morgan fingerprint density at radius 1 is 1.20 bits per heavy atom. The molecule has 0 radical (unpaired) electrons. The number of imidazole rings is 1. The molecule has 0 aliphatic carbocycles. The highest BCUT2D eigenvalue weighted by Gasteiger charge is 2.32. The van der Waals surface area contributed by atoms with Crippen LogP contribution in [0.3, 0.4) is 0 Å². The lowest BCUT2D eigenvalue weighted by Gasteiger charge is -2.29. The number of rotatable bonds is 6. The van der Waals surface area contributed by atoms with Gasteiger partial charge in [-0.1, -0.05) is 18.2 Å². The van der Waals surface area contributed by atoms with Gasteiger partial charge in [-0.25, -0.2) is 4.98 Å². The van der Waals surface area contributed by atoms with Crippen molar-refractivity contribution in [1.29, 1.82) is 0 Å². The molecule has 1 aromatic heterocycles. The van der Waals surface area contributed by atoms with Crippen LogP contribution in [0.4, 0.5) is 0 Å². The minimum Gasteiger partial charge on any atom is -0.478 e. The molecule has 2 N–H and O–H groups in total. The smallest absolute Gasteiger partial charge is 0.251 e. The van der Waals surface area contributed by atoms with E-state index in [0.29, 0.717) is 17.1 Å². The number of aromatic nitrogens is 2. The van der Waals surface area contributed by atoms with Gasteiger partial charge in [0.05, 0.1) is 6.54 Å². The second kappa shape index (κ2) is 7.69. The number of halogens is 1. The maximum Gasteiger partial charge on any atom is 0.251 e. The highest BCUT2D eigenvalue weighted by molar-refractivity contribution is 14.1. The van der Waals surface area contributed by atoms with Crippen LogP contribution in [0.15, 0.2) is 67.0 Å². The first-order valence-corrected chi connectivity index (χ1v) is 8.92. The third-order valence-corrected chi connectivity index (χ3v) is 4.50. The molecule has 0 aliphatic heterocycles. The summed E-state index contributed by atoms with van der Waals surface area (Å²) in [5, 5.41) is 2.94. The highest BCUT2D eigenvalue weighted by atomic mass is 127. The van der Waals surface area contributed by atoms with Crippen LogP contribution >= 0.6 is 22.6 Å². The van der Waals surface area contributed by atoms with Gasteiger partial charge in [-0.05, 0) is 65.9 Å². The number of ether oxygens (including phenoxy) is 1. The standard InChI is InChI=1S/C19H18IN3O2/c1-19(18-21-11-12-22-18,25-16-5-3-2-4-6-16)13-23-17(24)14-7-9-15(20)10-8-14/h2-12H,13H2,1H3,(H,21,22)(H,23,24). The molecule has 0 spiro atoms. The van der Waals surface area contributed by atoms with Gasteiger partial charge in [-0.2, -0.15) is 0 Å². The number of para-hydroxylation sites is 1. The van der Waals surface area contributed by atoms with Crippen LogP contribution in [0.2, 0.25) is 0 Å². The van der Waals surface area contributed by atoms with Crippen molar-refractivity contribution in [3.05, 3.63) is 81.9 Å². The van der Waals surface area contributed by atoms with Crippen LogP contribution in [-0.4, -0.2) is 22.4 Å². The van der Waals surface area contributed by atoms with Crippen LogP contribution in [0.5, 0.6) is 5.75 Å². The van der Waals surface area contributed by atoms with Gasteiger partial charge in [0.15, 0.2) is 11.4 Å². The lowest BCUT2D eigenvalue weighted by atomic mass is 10.1. The van der Waals surface area contributed by atoms with Crippen molar-refractivity contribution in [3.63, 3.8) is 0 Å². The summed E-state index contributed by atoms with van der Waals surface area (Å²) in [6.45, 7) is 2.17. The van der Waals surface area contributed by atoms with Gasteiger partial charge >= 0.3 is 0 Å². The van der Waals surface area contributed by atoms with Gasteiger partial charge in [-0.3, -0.25) is 4.79 Å². The molecule has 25 heavy (non-hydrogen) atoms. The van der Waals surface area contributed by atoms with E-state index in [2.05, 4.69) is 37.9 Å². The van der Waals surface area contributed by atoms with Crippen molar-refractivity contribution >= 4 is 28.5 Å². The predicted octanol–water partition coefficient (Wildman–Crippen LogP) is 3.74. The van der Waals surface area contributed by atoms with Crippen molar-refractivity contribution in [2.45, 2.75) is 12.5 Å². The Hall–Kier alpha value is -2.35. The number of nitrogens with zero attached hydrogens (tertiary/aromatic N) is 1. The van der Waals surface area contributed by atoms with E-state index in [1.165, 1.54) is 0 Å². The summed E-state index contributed by atoms with van der Waals surface area (Å²) in [7, 11) is 0. The lowest BCUT2D eigenvalue weighted by molar-refractivity contribution is 0.0679. The van der Waals surface area contributed by atoms with E-state index in [-0.39, 0.29) is 12.5 Å². The molecule has 0 fully saturated rings. The molecule has 3 aromatic rings. The number of carbonyl (C=O) groups excluding carboxylic acids is 1. The summed E-state index contributed by atoms with van der Waals surface area (Å²) >= 11 is 2.21. The fourth-order valence-electron chi connectivity index (χ4n) is 2.42. The van der Waals surface area contributed by atoms with E-state index in [1.807, 2.05) is 49.4 Å². The summed E-state index contributed by atoms with van der Waals surface area (Å²) in [6.07, 6.45) is 3.41. The molecular weight excluding hydrogens is 429 g/mol. The summed E-state index contributed by atoms with van der Waals surface area (Å²) in [5.74, 6) is 1.22. The van der Waals surface area contributed by atoms with Crippen molar-refractivity contribution in [2.24, 2.45) is 0 Å². The van der Waals surface area contributed by atoms with E-state index in [1.54, 1.807) is 24.5 Å². The maximum atomic E-state index is 12.4. The van der Waals surface area contributed by atoms with E-state index < -0.39 is 5.60 Å². The normalized spacial score (nSPS) is 13.0. The molecule has 5 nitrogen and oxygen atoms in total. The van der Waals surface area contributed by atoms with Crippen molar-refractivity contribution in [2.75, 3.05) is 6.54 Å². The maximum absolute atomic E-state index is 12.4.